The zero-order valence-electron chi connectivity index (χ0n) is 14.5. The summed E-state index contributed by atoms with van der Waals surface area (Å²) in [7, 11) is 0. The van der Waals surface area contributed by atoms with E-state index < -0.39 is 0 Å². The van der Waals surface area contributed by atoms with Crippen LogP contribution in [-0.2, 0) is 0 Å². The maximum atomic E-state index is 12.7. The number of thiazole rings is 1. The van der Waals surface area contributed by atoms with Crippen LogP contribution in [0.25, 0.3) is 22.0 Å². The fourth-order valence-electron chi connectivity index (χ4n) is 2.70. The van der Waals surface area contributed by atoms with Gasteiger partial charge in [0.15, 0.2) is 0 Å². The number of halogens is 2. The molecule has 1 amide bonds. The number of rotatable bonds is 4. The molecule has 0 atom stereocenters. The molecular formula is C22H14Cl2N2OS. The molecule has 0 fully saturated rings. The Labute approximate surface area is 176 Å². The summed E-state index contributed by atoms with van der Waals surface area (Å²) in [5, 5.41) is 4.74. The third-order valence-electron chi connectivity index (χ3n) is 4.07. The predicted octanol–water partition coefficient (Wildman–Crippen LogP) is 6.53. The number of nitrogens with one attached hydrogen (secondary N) is 1. The molecule has 0 aliphatic rings. The zero-order chi connectivity index (χ0) is 19.5. The van der Waals surface area contributed by atoms with Crippen molar-refractivity contribution in [2.75, 3.05) is 0 Å². The Balaban J connectivity index is 1.78. The van der Waals surface area contributed by atoms with Gasteiger partial charge in [-0.05, 0) is 48.0 Å². The van der Waals surface area contributed by atoms with Gasteiger partial charge in [-0.3, -0.25) is 4.79 Å². The normalized spacial score (nSPS) is 11.6. The number of aromatic nitrogens is 1. The molecule has 1 aromatic heterocycles. The number of carbonyl (C=O) groups is 1. The van der Waals surface area contributed by atoms with E-state index >= 15 is 0 Å². The van der Waals surface area contributed by atoms with Gasteiger partial charge >= 0.3 is 0 Å². The molecule has 0 radical (unpaired) electrons. The van der Waals surface area contributed by atoms with Crippen LogP contribution in [-0.4, -0.2) is 10.9 Å². The van der Waals surface area contributed by atoms with Gasteiger partial charge in [0.1, 0.15) is 5.01 Å². The van der Waals surface area contributed by atoms with E-state index in [4.69, 9.17) is 23.2 Å². The molecule has 0 bridgehead atoms. The van der Waals surface area contributed by atoms with Gasteiger partial charge in [0.05, 0.1) is 15.9 Å². The summed E-state index contributed by atoms with van der Waals surface area (Å²) in [5.41, 5.74) is 2.77. The first-order valence-electron chi connectivity index (χ1n) is 8.49. The van der Waals surface area contributed by atoms with Crippen molar-refractivity contribution in [2.45, 2.75) is 0 Å². The fourth-order valence-corrected chi connectivity index (χ4v) is 4.10. The second kappa shape index (κ2) is 8.15. The number of fused-ring (bicyclic) bond motifs is 1. The molecule has 0 aliphatic carbocycles. The summed E-state index contributed by atoms with van der Waals surface area (Å²) >= 11 is 13.8. The highest BCUT2D eigenvalue weighted by molar-refractivity contribution is 7.19. The van der Waals surface area contributed by atoms with E-state index in [0.717, 1.165) is 15.8 Å². The smallest absolute Gasteiger partial charge is 0.255 e. The van der Waals surface area contributed by atoms with Crippen molar-refractivity contribution in [1.29, 1.82) is 0 Å². The van der Waals surface area contributed by atoms with Crippen LogP contribution in [0.5, 0.6) is 0 Å². The molecule has 1 N–H and O–H groups in total. The number of amides is 1. The Kier molecular flexibility index (Phi) is 5.44. The minimum Gasteiger partial charge on any atom is -0.319 e. The maximum Gasteiger partial charge on any atom is 0.255 e. The fraction of sp³-hybridized carbons (Fsp3) is 0. The van der Waals surface area contributed by atoms with Gasteiger partial charge in [-0.1, -0.05) is 59.6 Å². The minimum absolute atomic E-state index is 0.212. The number of nitrogens with zero attached hydrogens (tertiary/aromatic N) is 1. The maximum absolute atomic E-state index is 12.7. The summed E-state index contributed by atoms with van der Waals surface area (Å²) < 4.78 is 1.04. The van der Waals surface area contributed by atoms with Crippen molar-refractivity contribution >= 4 is 62.4 Å². The van der Waals surface area contributed by atoms with E-state index in [1.165, 1.54) is 11.3 Å². The molecule has 0 saturated carbocycles. The van der Waals surface area contributed by atoms with E-state index in [0.29, 0.717) is 26.3 Å². The Morgan fingerprint density at radius 2 is 1.71 bits per heavy atom. The van der Waals surface area contributed by atoms with Crippen LogP contribution < -0.4 is 5.32 Å². The Bertz CT molecular complexity index is 1150. The third kappa shape index (κ3) is 4.09. The van der Waals surface area contributed by atoms with Crippen LogP contribution >= 0.6 is 34.5 Å². The molecule has 28 heavy (non-hydrogen) atoms. The van der Waals surface area contributed by atoms with Gasteiger partial charge in [-0.25, -0.2) is 4.98 Å². The Morgan fingerprint density at radius 3 is 2.46 bits per heavy atom. The molecule has 0 spiro atoms. The molecule has 3 nitrogen and oxygen atoms in total. The first-order valence-corrected chi connectivity index (χ1v) is 10.1. The van der Waals surface area contributed by atoms with Gasteiger partial charge in [0.25, 0.3) is 5.91 Å². The standard InChI is InChI=1S/C22H14Cl2N2OS/c23-16-11-10-15(17(24)13-16)12-19(25-21(27)14-6-2-1-3-7-14)22-26-18-8-4-5-9-20(18)28-22/h1-13H,(H,25,27)/b19-12-. The highest BCUT2D eigenvalue weighted by Gasteiger charge is 2.14. The van der Waals surface area contributed by atoms with Crippen LogP contribution in [0.4, 0.5) is 0 Å². The first-order chi connectivity index (χ1) is 13.6. The van der Waals surface area contributed by atoms with Crippen molar-refractivity contribution in [3.05, 3.63) is 99.0 Å². The summed E-state index contributed by atoms with van der Waals surface area (Å²) in [6.45, 7) is 0. The lowest BCUT2D eigenvalue weighted by atomic mass is 10.1. The predicted molar refractivity (Wildman–Crippen MR) is 118 cm³/mol. The van der Waals surface area contributed by atoms with Crippen LogP contribution in [0.2, 0.25) is 10.0 Å². The molecular weight excluding hydrogens is 411 g/mol. The van der Waals surface area contributed by atoms with E-state index in [-0.39, 0.29) is 5.91 Å². The monoisotopic (exact) mass is 424 g/mol. The van der Waals surface area contributed by atoms with Crippen LogP contribution in [0.1, 0.15) is 20.9 Å². The summed E-state index contributed by atoms with van der Waals surface area (Å²) in [4.78, 5) is 17.4. The van der Waals surface area contributed by atoms with Crippen LogP contribution in [0.15, 0.2) is 72.8 Å². The third-order valence-corrected chi connectivity index (χ3v) is 5.70. The largest absolute Gasteiger partial charge is 0.319 e. The van der Waals surface area contributed by atoms with Gasteiger partial charge in [0.2, 0.25) is 0 Å². The highest BCUT2D eigenvalue weighted by Crippen LogP contribution is 2.29. The molecule has 138 valence electrons. The van der Waals surface area contributed by atoms with E-state index in [1.807, 2.05) is 54.6 Å². The lowest BCUT2D eigenvalue weighted by Crippen LogP contribution is -2.21. The lowest BCUT2D eigenvalue weighted by molar-refractivity contribution is 0.0974. The van der Waals surface area contributed by atoms with Crippen LogP contribution in [0.3, 0.4) is 0 Å². The second-order valence-corrected chi connectivity index (χ2v) is 7.91. The van der Waals surface area contributed by atoms with Gasteiger partial charge < -0.3 is 5.32 Å². The summed E-state index contributed by atoms with van der Waals surface area (Å²) in [6, 6.07) is 22.1. The van der Waals surface area contributed by atoms with Gasteiger partial charge in [-0.2, -0.15) is 0 Å². The van der Waals surface area contributed by atoms with Crippen LogP contribution in [0, 0.1) is 0 Å². The number of carbonyl (C=O) groups excluding carboxylic acids is 1. The Hall–Kier alpha value is -2.66. The zero-order valence-corrected chi connectivity index (χ0v) is 16.9. The number of hydrogen-bond donors (Lipinski definition) is 1. The molecule has 4 aromatic rings. The first kappa shape index (κ1) is 18.7. The summed E-state index contributed by atoms with van der Waals surface area (Å²) in [6.07, 6.45) is 1.82. The van der Waals surface area contributed by atoms with E-state index in [2.05, 4.69) is 10.3 Å². The molecule has 3 aromatic carbocycles. The van der Waals surface area contributed by atoms with Crippen molar-refractivity contribution in [3.8, 4) is 0 Å². The summed E-state index contributed by atoms with van der Waals surface area (Å²) in [5.74, 6) is -0.212. The topological polar surface area (TPSA) is 42.0 Å². The second-order valence-electron chi connectivity index (χ2n) is 6.03. The Morgan fingerprint density at radius 1 is 0.964 bits per heavy atom. The minimum atomic E-state index is -0.212. The van der Waals surface area contributed by atoms with Crippen molar-refractivity contribution in [2.24, 2.45) is 0 Å². The molecule has 0 aliphatic heterocycles. The molecule has 4 rings (SSSR count). The van der Waals surface area contributed by atoms with Crippen molar-refractivity contribution in [3.63, 3.8) is 0 Å². The average Bonchev–Trinajstić information content (AvgIpc) is 3.14. The quantitative estimate of drug-likeness (QED) is 0.404. The molecule has 1 heterocycles. The number of benzene rings is 3. The molecule has 6 heteroatoms. The lowest BCUT2D eigenvalue weighted by Gasteiger charge is -2.09. The highest BCUT2D eigenvalue weighted by atomic mass is 35.5. The number of para-hydroxylation sites is 1. The average molecular weight is 425 g/mol. The molecule has 0 unspecified atom stereocenters. The van der Waals surface area contributed by atoms with E-state index in [9.17, 15) is 4.79 Å². The van der Waals surface area contributed by atoms with E-state index in [1.54, 1.807) is 24.3 Å². The van der Waals surface area contributed by atoms with Crippen molar-refractivity contribution in [1.82, 2.24) is 10.3 Å². The SMILES string of the molecule is O=C(N/C(=C\c1ccc(Cl)cc1Cl)c1nc2ccccc2s1)c1ccccc1. The molecule has 0 saturated heterocycles. The number of hydrogen-bond acceptors (Lipinski definition) is 3. The van der Waals surface area contributed by atoms with Gasteiger partial charge in [0, 0.05) is 15.6 Å². The van der Waals surface area contributed by atoms with Crippen molar-refractivity contribution < 1.29 is 4.79 Å². The van der Waals surface area contributed by atoms with Gasteiger partial charge in [-0.15, -0.1) is 11.3 Å².